The fourth-order valence-electron chi connectivity index (χ4n) is 2.62. The van der Waals surface area contributed by atoms with Crippen molar-refractivity contribution < 1.29 is 18.7 Å². The maximum Gasteiger partial charge on any atom is 0.306 e. The van der Waals surface area contributed by atoms with Crippen molar-refractivity contribution in [3.05, 3.63) is 41.4 Å². The van der Waals surface area contributed by atoms with Gasteiger partial charge in [-0.05, 0) is 31.4 Å². The number of aryl methyl sites for hydroxylation is 1. The number of hydrogen-bond acceptors (Lipinski definition) is 5. The van der Waals surface area contributed by atoms with Gasteiger partial charge < -0.3 is 13.9 Å². The third-order valence-corrected chi connectivity index (χ3v) is 4.27. The van der Waals surface area contributed by atoms with Crippen molar-refractivity contribution in [3.8, 4) is 11.3 Å². The van der Waals surface area contributed by atoms with Crippen LogP contribution in [0.3, 0.4) is 0 Å². The molecule has 0 spiro atoms. The number of benzene rings is 1. The number of hydrogen-bond donors (Lipinski definition) is 0. The highest BCUT2D eigenvalue weighted by Gasteiger charge is 2.16. The monoisotopic (exact) mass is 349 g/mol. The molecule has 6 heteroatoms. The number of carbonyl (C=O) groups excluding carboxylic acids is 1. The molecule has 0 amide bonds. The summed E-state index contributed by atoms with van der Waals surface area (Å²) in [5, 5.41) is 0.604. The van der Waals surface area contributed by atoms with Gasteiger partial charge in [0.1, 0.15) is 6.61 Å². The maximum absolute atomic E-state index is 11.8. The van der Waals surface area contributed by atoms with E-state index in [1.54, 1.807) is 12.3 Å². The van der Waals surface area contributed by atoms with E-state index in [0.29, 0.717) is 29.7 Å². The molecule has 3 rings (SSSR count). The van der Waals surface area contributed by atoms with Crippen molar-refractivity contribution in [1.29, 1.82) is 0 Å². The van der Waals surface area contributed by atoms with E-state index in [2.05, 4.69) is 4.98 Å². The first-order chi connectivity index (χ1) is 11.7. The third kappa shape index (κ3) is 4.58. The van der Waals surface area contributed by atoms with Gasteiger partial charge in [0.05, 0.1) is 23.7 Å². The molecule has 0 saturated carbocycles. The fraction of sp³-hybridized carbons (Fsp3) is 0.444. The Morgan fingerprint density at radius 3 is 3.00 bits per heavy atom. The summed E-state index contributed by atoms with van der Waals surface area (Å²) in [6.45, 7) is 1.08. The predicted octanol–water partition coefficient (Wildman–Crippen LogP) is 4.04. The summed E-state index contributed by atoms with van der Waals surface area (Å²) < 4.78 is 16.5. The number of esters is 1. The Kier molecular flexibility index (Phi) is 5.88. The highest BCUT2D eigenvalue weighted by atomic mass is 35.5. The topological polar surface area (TPSA) is 61.6 Å². The summed E-state index contributed by atoms with van der Waals surface area (Å²) >= 11 is 6.14. The van der Waals surface area contributed by atoms with Crippen LogP contribution < -0.4 is 0 Å². The molecule has 1 aliphatic rings. The number of rotatable bonds is 6. The SMILES string of the molecule is O=C(CCc1ncc(-c2ccccc2Cl)o1)OCC1CCCCO1. The van der Waals surface area contributed by atoms with Gasteiger partial charge >= 0.3 is 5.97 Å². The number of carbonyl (C=O) groups is 1. The molecule has 24 heavy (non-hydrogen) atoms. The average Bonchev–Trinajstić information content (AvgIpc) is 3.08. The van der Waals surface area contributed by atoms with Crippen LogP contribution >= 0.6 is 11.6 Å². The van der Waals surface area contributed by atoms with Gasteiger partial charge in [0.15, 0.2) is 11.7 Å². The second kappa shape index (κ2) is 8.31. The minimum Gasteiger partial charge on any atom is -0.463 e. The number of ether oxygens (including phenoxy) is 2. The number of halogens is 1. The largest absolute Gasteiger partial charge is 0.463 e. The number of oxazole rings is 1. The van der Waals surface area contributed by atoms with Crippen LogP contribution in [-0.2, 0) is 20.7 Å². The normalized spacial score (nSPS) is 17.6. The molecule has 1 aliphatic heterocycles. The van der Waals surface area contributed by atoms with E-state index in [1.807, 2.05) is 18.2 Å². The lowest BCUT2D eigenvalue weighted by molar-refractivity contribution is -0.149. The van der Waals surface area contributed by atoms with E-state index in [0.717, 1.165) is 31.4 Å². The Hall–Kier alpha value is -1.85. The van der Waals surface area contributed by atoms with Crippen molar-refractivity contribution in [2.24, 2.45) is 0 Å². The molecule has 0 radical (unpaired) electrons. The summed E-state index contributed by atoms with van der Waals surface area (Å²) in [6.07, 6.45) is 5.46. The summed E-state index contributed by atoms with van der Waals surface area (Å²) in [6, 6.07) is 7.40. The van der Waals surface area contributed by atoms with Crippen molar-refractivity contribution in [2.75, 3.05) is 13.2 Å². The molecule has 1 fully saturated rings. The molecule has 0 N–H and O–H groups in total. The van der Waals surface area contributed by atoms with E-state index in [1.165, 1.54) is 0 Å². The minimum atomic E-state index is -0.262. The molecule has 1 unspecified atom stereocenters. The van der Waals surface area contributed by atoms with Crippen LogP contribution in [0.1, 0.15) is 31.6 Å². The predicted molar refractivity (Wildman–Crippen MR) is 89.8 cm³/mol. The van der Waals surface area contributed by atoms with Crippen LogP contribution in [0.2, 0.25) is 5.02 Å². The molecule has 1 aromatic carbocycles. The lowest BCUT2D eigenvalue weighted by Gasteiger charge is -2.21. The summed E-state index contributed by atoms with van der Waals surface area (Å²) in [7, 11) is 0. The Balaban J connectivity index is 1.46. The van der Waals surface area contributed by atoms with E-state index < -0.39 is 0 Å². The minimum absolute atomic E-state index is 0.0382. The van der Waals surface area contributed by atoms with Crippen LogP contribution in [0, 0.1) is 0 Å². The number of nitrogens with zero attached hydrogens (tertiary/aromatic N) is 1. The molecule has 0 bridgehead atoms. The first-order valence-electron chi connectivity index (χ1n) is 8.19. The molecular formula is C18H20ClNO4. The molecule has 2 heterocycles. The second-order valence-corrected chi connectivity index (χ2v) is 6.18. The van der Waals surface area contributed by atoms with Crippen LogP contribution in [-0.4, -0.2) is 30.3 Å². The highest BCUT2D eigenvalue weighted by Crippen LogP contribution is 2.28. The van der Waals surface area contributed by atoms with Gasteiger partial charge in [-0.1, -0.05) is 23.7 Å². The third-order valence-electron chi connectivity index (χ3n) is 3.94. The molecule has 0 aliphatic carbocycles. The standard InChI is InChI=1S/C18H20ClNO4/c19-15-7-2-1-6-14(15)16-11-20-17(24-16)8-9-18(21)23-12-13-5-3-4-10-22-13/h1-2,6-7,11,13H,3-5,8-10,12H2. The zero-order valence-electron chi connectivity index (χ0n) is 13.4. The zero-order chi connectivity index (χ0) is 16.8. The lowest BCUT2D eigenvalue weighted by Crippen LogP contribution is -2.26. The molecule has 5 nitrogen and oxygen atoms in total. The van der Waals surface area contributed by atoms with Crippen LogP contribution in [0.5, 0.6) is 0 Å². The Morgan fingerprint density at radius 1 is 1.33 bits per heavy atom. The first kappa shape index (κ1) is 17.0. The molecule has 1 saturated heterocycles. The summed E-state index contributed by atoms with van der Waals surface area (Å²) in [5.41, 5.74) is 0.787. The van der Waals surface area contributed by atoms with Gasteiger partial charge in [-0.25, -0.2) is 4.98 Å². The van der Waals surface area contributed by atoms with Crippen molar-refractivity contribution in [2.45, 2.75) is 38.2 Å². The lowest BCUT2D eigenvalue weighted by atomic mass is 10.1. The zero-order valence-corrected chi connectivity index (χ0v) is 14.1. The number of aromatic nitrogens is 1. The van der Waals surface area contributed by atoms with Crippen LogP contribution in [0.15, 0.2) is 34.9 Å². The Labute approximate surface area is 145 Å². The van der Waals surface area contributed by atoms with Gasteiger partial charge in [0, 0.05) is 18.6 Å². The van der Waals surface area contributed by atoms with E-state index >= 15 is 0 Å². The van der Waals surface area contributed by atoms with Gasteiger partial charge in [0.2, 0.25) is 0 Å². The van der Waals surface area contributed by atoms with Crippen molar-refractivity contribution in [3.63, 3.8) is 0 Å². The van der Waals surface area contributed by atoms with Crippen LogP contribution in [0.25, 0.3) is 11.3 Å². The Bertz CT molecular complexity index is 679. The molecule has 1 aromatic heterocycles. The van der Waals surface area contributed by atoms with E-state index in [-0.39, 0.29) is 18.5 Å². The molecule has 1 atom stereocenters. The van der Waals surface area contributed by atoms with E-state index in [9.17, 15) is 4.79 Å². The smallest absolute Gasteiger partial charge is 0.306 e. The summed E-state index contributed by atoms with van der Waals surface area (Å²) in [4.78, 5) is 16.0. The maximum atomic E-state index is 11.8. The highest BCUT2D eigenvalue weighted by molar-refractivity contribution is 6.33. The average molecular weight is 350 g/mol. The van der Waals surface area contributed by atoms with Crippen molar-refractivity contribution in [1.82, 2.24) is 4.98 Å². The summed E-state index contributed by atoms with van der Waals surface area (Å²) in [5.74, 6) is 0.831. The van der Waals surface area contributed by atoms with Gasteiger partial charge in [-0.15, -0.1) is 0 Å². The first-order valence-corrected chi connectivity index (χ1v) is 8.57. The van der Waals surface area contributed by atoms with Gasteiger partial charge in [0.25, 0.3) is 0 Å². The fourth-order valence-corrected chi connectivity index (χ4v) is 2.85. The molecule has 128 valence electrons. The van der Waals surface area contributed by atoms with Crippen molar-refractivity contribution >= 4 is 17.6 Å². The van der Waals surface area contributed by atoms with Gasteiger partial charge in [-0.3, -0.25) is 4.79 Å². The van der Waals surface area contributed by atoms with Crippen LogP contribution in [0.4, 0.5) is 0 Å². The van der Waals surface area contributed by atoms with E-state index in [4.69, 9.17) is 25.5 Å². The quantitative estimate of drug-likeness (QED) is 0.736. The van der Waals surface area contributed by atoms with Gasteiger partial charge in [-0.2, -0.15) is 0 Å². The molecule has 2 aromatic rings. The Morgan fingerprint density at radius 2 is 2.21 bits per heavy atom. The second-order valence-electron chi connectivity index (χ2n) is 5.77. The molecular weight excluding hydrogens is 330 g/mol.